The summed E-state index contributed by atoms with van der Waals surface area (Å²) in [5, 5.41) is 48.0. The van der Waals surface area contributed by atoms with Gasteiger partial charge in [-0.25, -0.2) is 9.78 Å². The number of nitrogens with one attached hydrogen (secondary N) is 8. The molecule has 17 N–H and O–H groups in total. The molecule has 117 heavy (non-hydrogen) atoms. The Morgan fingerprint density at radius 1 is 0.530 bits per heavy atom. The fourth-order valence-electron chi connectivity index (χ4n) is 14.5. The molecule has 1 aromatic heterocycles. The maximum absolute atomic E-state index is 14.9. The number of nitrogens with zero attached hydrogens (tertiary/aromatic N) is 3. The van der Waals surface area contributed by atoms with Crippen LogP contribution < -0.4 is 54.4 Å². The van der Waals surface area contributed by atoms with Crippen LogP contribution in [0.1, 0.15) is 276 Å². The van der Waals surface area contributed by atoms with Gasteiger partial charge in [0.1, 0.15) is 61.0 Å². The Morgan fingerprint density at radius 2 is 0.991 bits per heavy atom. The van der Waals surface area contributed by atoms with Crippen LogP contribution in [-0.2, 0) is 84.6 Å². The van der Waals surface area contributed by atoms with Gasteiger partial charge in [0.15, 0.2) is 0 Å². The van der Waals surface area contributed by atoms with E-state index in [0.29, 0.717) is 56.2 Å². The third-order valence-electron chi connectivity index (χ3n) is 21.2. The lowest BCUT2D eigenvalue weighted by Gasteiger charge is -2.31. The number of likely N-dealkylation sites (tertiary alicyclic amines) is 2. The highest BCUT2D eigenvalue weighted by molar-refractivity contribution is 7.99. The van der Waals surface area contributed by atoms with Crippen molar-refractivity contribution in [2.24, 2.45) is 17.2 Å². The molecule has 2 fully saturated rings. The van der Waals surface area contributed by atoms with E-state index in [0.717, 1.165) is 43.4 Å². The third kappa shape index (κ3) is 42.3. The highest BCUT2D eigenvalue weighted by Crippen LogP contribution is 2.24. The molecule has 2 saturated heterocycles. The Balaban J connectivity index is 1.36. The number of esters is 2. The van der Waals surface area contributed by atoms with Gasteiger partial charge < -0.3 is 94.0 Å². The number of carbonyl (C=O) groups is 13. The summed E-state index contributed by atoms with van der Waals surface area (Å²) in [6.45, 7) is 3.05. The first-order valence-electron chi connectivity index (χ1n) is 43.4. The van der Waals surface area contributed by atoms with Crippen molar-refractivity contribution < 1.29 is 87.1 Å². The number of thioether (sulfide) groups is 1. The summed E-state index contributed by atoms with van der Waals surface area (Å²) in [6, 6.07) is -4.04. The van der Waals surface area contributed by atoms with Crippen LogP contribution >= 0.6 is 11.8 Å². The van der Waals surface area contributed by atoms with Crippen molar-refractivity contribution >= 4 is 88.8 Å². The predicted molar refractivity (Wildman–Crippen MR) is 446 cm³/mol. The molecule has 2 aromatic rings. The Labute approximate surface area is 695 Å². The van der Waals surface area contributed by atoms with Crippen LogP contribution in [0.5, 0.6) is 0 Å². The molecule has 1 aromatic carbocycles. The third-order valence-corrected chi connectivity index (χ3v) is 22.4. The number of H-pyrrole nitrogens is 1. The fourth-order valence-corrected chi connectivity index (χ4v) is 15.4. The number of unbranched alkanes of at least 4 members (excludes halogenated alkanes) is 26. The lowest BCUT2D eigenvalue weighted by atomic mass is 10.0. The quantitative estimate of drug-likeness (QED) is 0.0248. The van der Waals surface area contributed by atoms with Crippen molar-refractivity contribution in [1.82, 2.24) is 57.0 Å². The molecular formula is C84H140N14O18S. The van der Waals surface area contributed by atoms with E-state index < -0.39 is 157 Å². The number of aromatic amines is 1. The minimum atomic E-state index is -1.73. The summed E-state index contributed by atoms with van der Waals surface area (Å²) in [5.41, 5.74) is 18.9. The van der Waals surface area contributed by atoms with Crippen LogP contribution in [-0.4, -0.2) is 230 Å². The van der Waals surface area contributed by atoms with E-state index in [1.807, 2.05) is 0 Å². The van der Waals surface area contributed by atoms with Gasteiger partial charge in [-0.1, -0.05) is 198 Å². The number of hydrogen-bond acceptors (Lipinski definition) is 21. The number of carboxylic acid groups (broad SMARTS) is 2. The van der Waals surface area contributed by atoms with Gasteiger partial charge in [0.2, 0.25) is 53.2 Å². The molecule has 10 atom stereocenters. The van der Waals surface area contributed by atoms with Gasteiger partial charge in [0, 0.05) is 62.2 Å². The van der Waals surface area contributed by atoms with E-state index in [4.69, 9.17) is 26.7 Å². The van der Waals surface area contributed by atoms with Crippen LogP contribution in [0.15, 0.2) is 42.9 Å². The largest absolute Gasteiger partial charge is 0.481 e. The average Bonchev–Trinajstić information content (AvgIpc) is 1.70. The Hall–Kier alpha value is -8.27. The molecule has 3 heterocycles. The number of aliphatic carboxylic acids is 2. The number of aromatic nitrogens is 2. The number of amides is 9. The number of rotatable bonds is 67. The number of carboxylic acids is 2. The molecule has 2 aliphatic rings. The molecule has 0 saturated carbocycles. The van der Waals surface area contributed by atoms with Crippen LogP contribution in [0, 0.1) is 0 Å². The van der Waals surface area contributed by atoms with Gasteiger partial charge in [-0.2, -0.15) is 11.8 Å². The second-order valence-electron chi connectivity index (χ2n) is 31.1. The molecule has 2 aliphatic heterocycles. The van der Waals surface area contributed by atoms with E-state index in [1.54, 1.807) is 30.3 Å². The molecule has 0 spiro atoms. The highest BCUT2D eigenvalue weighted by atomic mass is 32.2. The summed E-state index contributed by atoms with van der Waals surface area (Å²) in [5.74, 6) is -11.2. The average molecular weight is 1670 g/mol. The highest BCUT2D eigenvalue weighted by Gasteiger charge is 2.43. The van der Waals surface area contributed by atoms with Crippen LogP contribution in [0.2, 0.25) is 0 Å². The minimum Gasteiger partial charge on any atom is -0.481 e. The molecule has 0 aliphatic carbocycles. The molecule has 660 valence electrons. The van der Waals surface area contributed by atoms with Gasteiger partial charge in [0.25, 0.3) is 0 Å². The van der Waals surface area contributed by atoms with Crippen LogP contribution in [0.25, 0.3) is 0 Å². The van der Waals surface area contributed by atoms with Gasteiger partial charge in [0.05, 0.1) is 31.9 Å². The molecule has 4 rings (SSSR count). The molecule has 0 bridgehead atoms. The van der Waals surface area contributed by atoms with Gasteiger partial charge in [-0.05, 0) is 95.7 Å². The van der Waals surface area contributed by atoms with E-state index in [-0.39, 0.29) is 102 Å². The molecule has 1 unspecified atom stereocenters. The van der Waals surface area contributed by atoms with Crippen molar-refractivity contribution in [3.05, 3.63) is 54.1 Å². The topological polar surface area (TPSA) is 498 Å². The zero-order chi connectivity index (χ0) is 85.4. The number of aliphatic hydroxyl groups excluding tert-OH is 1. The van der Waals surface area contributed by atoms with E-state index in [2.05, 4.69) is 61.0 Å². The second kappa shape index (κ2) is 61.1. The molecule has 0 radical (unpaired) electrons. The molecule has 9 amide bonds. The number of ether oxygens (including phenoxy) is 2. The number of imidazole rings is 1. The van der Waals surface area contributed by atoms with Crippen molar-refractivity contribution in [2.75, 3.05) is 57.4 Å². The summed E-state index contributed by atoms with van der Waals surface area (Å²) in [7, 11) is 0. The lowest BCUT2D eigenvalue weighted by Crippen LogP contribution is -2.60. The first-order valence-corrected chi connectivity index (χ1v) is 44.5. The van der Waals surface area contributed by atoms with Crippen molar-refractivity contribution in [1.29, 1.82) is 0 Å². The first-order chi connectivity index (χ1) is 56.5. The predicted octanol–water partition coefficient (Wildman–Crippen LogP) is 6.49. The number of benzene rings is 1. The SMILES string of the molecule is CCCCCCCCCCCCCCCC(=O)OCC(CSC[C@H](N)C(=O)NCC(=O)N[C@@H](CC(=O)O)C(=O)N1CCC[C@H]1C(=O)N[C@@H](CCCCN)C(=O)N[C@@H](Cc1cnc[nH]1)C(=O)N1CCC[C@H]1C(=O)N[C@@H](CCCCN)C(=O)N[C@@H](CO)C(=O)N[C@@H](Cc1ccccc1)C(=O)O)OC(=O)CCCCCCCCCCCCCCC. The van der Waals surface area contributed by atoms with Crippen LogP contribution in [0.3, 0.4) is 0 Å². The smallest absolute Gasteiger partial charge is 0.326 e. The molecule has 32 nitrogen and oxygen atoms in total. The maximum atomic E-state index is 14.9. The Morgan fingerprint density at radius 3 is 1.45 bits per heavy atom. The second-order valence-corrected chi connectivity index (χ2v) is 32.2. The molecular weight excluding hydrogens is 1530 g/mol. The maximum Gasteiger partial charge on any atom is 0.326 e. The number of carbonyl (C=O) groups excluding carboxylic acids is 11. The summed E-state index contributed by atoms with van der Waals surface area (Å²) >= 11 is 1.18. The summed E-state index contributed by atoms with van der Waals surface area (Å²) in [6.07, 6.45) is 33.6. The van der Waals surface area contributed by atoms with Crippen molar-refractivity contribution in [3.8, 4) is 0 Å². The Bertz CT molecular complexity index is 3250. The van der Waals surface area contributed by atoms with Gasteiger partial charge in [-0.3, -0.25) is 57.5 Å². The zero-order valence-corrected chi connectivity index (χ0v) is 70.4. The van der Waals surface area contributed by atoms with E-state index in [9.17, 15) is 77.6 Å². The van der Waals surface area contributed by atoms with E-state index in [1.165, 1.54) is 145 Å². The zero-order valence-electron chi connectivity index (χ0n) is 69.6. The monoisotopic (exact) mass is 1670 g/mol. The van der Waals surface area contributed by atoms with E-state index >= 15 is 0 Å². The number of aliphatic hydroxyl groups is 1. The first kappa shape index (κ1) is 101. The number of hydrogen-bond donors (Lipinski definition) is 14. The lowest BCUT2D eigenvalue weighted by molar-refractivity contribution is -0.157. The van der Waals surface area contributed by atoms with Crippen molar-refractivity contribution in [3.63, 3.8) is 0 Å². The normalized spacial score (nSPS) is 15.9. The standard InChI is InChI=1S/C84H140N14O18S/c1-3-5-7-9-11-13-15-17-19-21-23-25-30-44-74(103)115-56-62(116-75(104)45-31-26-24-22-20-18-16-14-12-10-8-6-4-2)57-117-58-63(87)76(105)89-54-72(100)91-67(52-73(101)102)83(112)98-49-37-43-71(98)81(110)92-64(40-32-34-46-85)77(106)94-66(51-61-53-88-59-90-61)82(111)97-48-36-42-70(97)80(109)93-65(41-33-35-47-86)78(107)96-69(55-99)79(108)95-68(84(113)114)50-60-38-28-27-29-39-60/h27-29,38-39,53,59,62-71,99H,3-26,30-37,40-52,54-58,85-87H2,1-2H3,(H,88,90)(H,89,105)(H,91,100)(H,92,110)(H,93,109)(H,94,106)(H,95,108)(H,96,107)(H,101,102)(H,113,114)/t62?,63-,64-,65-,66-,67-,68-,69-,70-,71-/m0/s1. The van der Waals surface area contributed by atoms with Crippen LogP contribution in [0.4, 0.5) is 0 Å². The fraction of sp³-hybridized carbons (Fsp3) is 0.738. The summed E-state index contributed by atoms with van der Waals surface area (Å²) in [4.78, 5) is 187. The van der Waals surface area contributed by atoms with Gasteiger partial charge >= 0.3 is 23.9 Å². The number of nitrogens with two attached hydrogens (primary N) is 3. The molecule has 33 heteroatoms. The summed E-state index contributed by atoms with van der Waals surface area (Å²) < 4.78 is 11.5. The van der Waals surface area contributed by atoms with Crippen molar-refractivity contribution in [2.45, 2.75) is 338 Å². The Kier molecular flexibility index (Phi) is 52.8. The minimum absolute atomic E-state index is 0.00653. The van der Waals surface area contributed by atoms with Gasteiger partial charge in [-0.15, -0.1) is 0 Å².